The molecule has 0 saturated carbocycles. The van der Waals surface area contributed by atoms with Crippen molar-refractivity contribution >= 4 is 5.82 Å². The highest BCUT2D eigenvalue weighted by Crippen LogP contribution is 2.15. The molecule has 82 valence electrons. The van der Waals surface area contributed by atoms with E-state index in [1.165, 1.54) is 12.1 Å². The molecule has 0 radical (unpaired) electrons. The molecule has 0 bridgehead atoms. The van der Waals surface area contributed by atoms with Gasteiger partial charge in [-0.15, -0.1) is 0 Å². The fourth-order valence-electron chi connectivity index (χ4n) is 1.26. The summed E-state index contributed by atoms with van der Waals surface area (Å²) >= 11 is 0. The zero-order chi connectivity index (χ0) is 11.4. The minimum atomic E-state index is -0.284. The van der Waals surface area contributed by atoms with Crippen molar-refractivity contribution in [3.63, 3.8) is 0 Å². The molecule has 0 saturated heterocycles. The molecule has 2 N–H and O–H groups in total. The number of anilines is 1. The average molecular weight is 218 g/mol. The number of ether oxygens (including phenoxy) is 1. The van der Waals surface area contributed by atoms with Crippen LogP contribution in [-0.2, 0) is 6.61 Å². The first kappa shape index (κ1) is 10.4. The van der Waals surface area contributed by atoms with Crippen molar-refractivity contribution in [3.8, 4) is 5.75 Å². The van der Waals surface area contributed by atoms with E-state index in [1.807, 2.05) is 6.07 Å². The summed E-state index contributed by atoms with van der Waals surface area (Å²) in [7, 11) is 0. The number of pyridine rings is 1. The van der Waals surface area contributed by atoms with Gasteiger partial charge in [-0.2, -0.15) is 0 Å². The first-order chi connectivity index (χ1) is 7.75. The largest absolute Gasteiger partial charge is 0.489 e. The van der Waals surface area contributed by atoms with Gasteiger partial charge < -0.3 is 10.5 Å². The predicted octanol–water partition coefficient (Wildman–Crippen LogP) is 2.38. The van der Waals surface area contributed by atoms with Gasteiger partial charge in [0.25, 0.3) is 0 Å². The van der Waals surface area contributed by atoms with Gasteiger partial charge in [0.1, 0.15) is 24.0 Å². The highest BCUT2D eigenvalue weighted by Gasteiger charge is 2.00. The van der Waals surface area contributed by atoms with Crippen molar-refractivity contribution < 1.29 is 9.13 Å². The second-order valence-corrected chi connectivity index (χ2v) is 3.29. The molecule has 4 heteroatoms. The van der Waals surface area contributed by atoms with Gasteiger partial charge in [-0.25, -0.2) is 9.37 Å². The molecule has 2 aromatic rings. The third-order valence-electron chi connectivity index (χ3n) is 2.13. The number of benzene rings is 1. The van der Waals surface area contributed by atoms with E-state index in [-0.39, 0.29) is 5.82 Å². The van der Waals surface area contributed by atoms with Crippen LogP contribution in [0.1, 0.15) is 5.56 Å². The molecule has 3 nitrogen and oxygen atoms in total. The van der Waals surface area contributed by atoms with Crippen LogP contribution in [-0.4, -0.2) is 4.98 Å². The van der Waals surface area contributed by atoms with Crippen LogP contribution in [0.2, 0.25) is 0 Å². The monoisotopic (exact) mass is 218 g/mol. The molecule has 0 unspecified atom stereocenters. The first-order valence-corrected chi connectivity index (χ1v) is 4.83. The van der Waals surface area contributed by atoms with Gasteiger partial charge >= 0.3 is 0 Å². The lowest BCUT2D eigenvalue weighted by Gasteiger charge is -2.07. The topological polar surface area (TPSA) is 48.1 Å². The number of nitrogens with zero attached hydrogens (tertiary/aromatic N) is 1. The molecule has 1 heterocycles. The van der Waals surface area contributed by atoms with E-state index in [0.717, 1.165) is 5.56 Å². The molecule has 0 spiro atoms. The van der Waals surface area contributed by atoms with Gasteiger partial charge in [0.05, 0.1) is 0 Å². The minimum absolute atomic E-state index is 0.284. The van der Waals surface area contributed by atoms with Crippen LogP contribution < -0.4 is 10.5 Å². The smallest absolute Gasteiger partial charge is 0.129 e. The maximum Gasteiger partial charge on any atom is 0.129 e. The van der Waals surface area contributed by atoms with Gasteiger partial charge in [-0.05, 0) is 30.3 Å². The zero-order valence-corrected chi connectivity index (χ0v) is 8.56. The molecule has 0 amide bonds. The number of halogens is 1. The van der Waals surface area contributed by atoms with Gasteiger partial charge in [-0.1, -0.05) is 6.07 Å². The fraction of sp³-hybridized carbons (Fsp3) is 0.0833. The number of aromatic nitrogens is 1. The SMILES string of the molecule is Nc1ncccc1COc1ccc(F)cc1. The van der Waals surface area contributed by atoms with E-state index in [9.17, 15) is 4.39 Å². The normalized spacial score (nSPS) is 10.1. The van der Waals surface area contributed by atoms with E-state index < -0.39 is 0 Å². The second kappa shape index (κ2) is 4.61. The Balaban J connectivity index is 2.02. The van der Waals surface area contributed by atoms with Crippen LogP contribution in [0.3, 0.4) is 0 Å². The molecule has 0 aliphatic carbocycles. The Kier molecular flexibility index (Phi) is 3.00. The van der Waals surface area contributed by atoms with Crippen molar-refractivity contribution in [3.05, 3.63) is 54.0 Å². The summed E-state index contributed by atoms with van der Waals surface area (Å²) < 4.78 is 18.1. The maximum absolute atomic E-state index is 12.6. The summed E-state index contributed by atoms with van der Waals surface area (Å²) in [4.78, 5) is 3.94. The maximum atomic E-state index is 12.6. The van der Waals surface area contributed by atoms with Crippen molar-refractivity contribution in [2.24, 2.45) is 0 Å². The summed E-state index contributed by atoms with van der Waals surface area (Å²) in [5, 5.41) is 0. The van der Waals surface area contributed by atoms with E-state index in [2.05, 4.69) is 4.98 Å². The Morgan fingerprint density at radius 1 is 1.19 bits per heavy atom. The van der Waals surface area contributed by atoms with Crippen molar-refractivity contribution in [1.82, 2.24) is 4.98 Å². The average Bonchev–Trinajstić information content (AvgIpc) is 2.30. The van der Waals surface area contributed by atoms with Crippen LogP contribution in [0.5, 0.6) is 5.75 Å². The zero-order valence-electron chi connectivity index (χ0n) is 8.56. The van der Waals surface area contributed by atoms with E-state index in [1.54, 1.807) is 24.4 Å². The van der Waals surface area contributed by atoms with Gasteiger partial charge in [-0.3, -0.25) is 0 Å². The molecular formula is C12H11FN2O. The van der Waals surface area contributed by atoms with Gasteiger partial charge in [0, 0.05) is 11.8 Å². The Morgan fingerprint density at radius 3 is 2.62 bits per heavy atom. The second-order valence-electron chi connectivity index (χ2n) is 3.29. The predicted molar refractivity (Wildman–Crippen MR) is 59.4 cm³/mol. The third-order valence-corrected chi connectivity index (χ3v) is 2.13. The van der Waals surface area contributed by atoms with Gasteiger partial charge in [0.2, 0.25) is 0 Å². The van der Waals surface area contributed by atoms with Gasteiger partial charge in [0.15, 0.2) is 0 Å². The van der Waals surface area contributed by atoms with Crippen LogP contribution in [0.15, 0.2) is 42.6 Å². The summed E-state index contributed by atoms with van der Waals surface area (Å²) in [5.74, 6) is 0.766. The molecule has 0 aliphatic heterocycles. The highest BCUT2D eigenvalue weighted by molar-refractivity contribution is 5.38. The molecule has 0 aliphatic rings. The van der Waals surface area contributed by atoms with Crippen LogP contribution >= 0.6 is 0 Å². The number of rotatable bonds is 3. The fourth-order valence-corrected chi connectivity index (χ4v) is 1.26. The molecule has 1 aromatic carbocycles. The molecule has 0 fully saturated rings. The Morgan fingerprint density at radius 2 is 1.94 bits per heavy atom. The molecular weight excluding hydrogens is 207 g/mol. The number of nitrogen functional groups attached to an aromatic ring is 1. The summed E-state index contributed by atoms with van der Waals surface area (Å²) in [6.45, 7) is 0.325. The quantitative estimate of drug-likeness (QED) is 0.860. The summed E-state index contributed by atoms with van der Waals surface area (Å²) in [6.07, 6.45) is 1.62. The molecule has 0 atom stereocenters. The number of nitrogens with two attached hydrogens (primary N) is 1. The summed E-state index contributed by atoms with van der Waals surface area (Å²) in [6, 6.07) is 9.47. The van der Waals surface area contributed by atoms with Crippen molar-refractivity contribution in [2.45, 2.75) is 6.61 Å². The van der Waals surface area contributed by atoms with E-state index in [0.29, 0.717) is 18.2 Å². The van der Waals surface area contributed by atoms with Crippen LogP contribution in [0, 0.1) is 5.82 Å². The Hall–Kier alpha value is -2.10. The van der Waals surface area contributed by atoms with E-state index in [4.69, 9.17) is 10.5 Å². The Labute approximate surface area is 92.7 Å². The van der Waals surface area contributed by atoms with Crippen LogP contribution in [0.4, 0.5) is 10.2 Å². The van der Waals surface area contributed by atoms with Crippen molar-refractivity contribution in [2.75, 3.05) is 5.73 Å². The van der Waals surface area contributed by atoms with Crippen molar-refractivity contribution in [1.29, 1.82) is 0 Å². The lowest BCUT2D eigenvalue weighted by molar-refractivity contribution is 0.306. The molecule has 1 aromatic heterocycles. The minimum Gasteiger partial charge on any atom is -0.489 e. The standard InChI is InChI=1S/C12H11FN2O/c13-10-3-5-11(6-4-10)16-8-9-2-1-7-15-12(9)14/h1-7H,8H2,(H2,14,15). The van der Waals surface area contributed by atoms with Crippen LogP contribution in [0.25, 0.3) is 0 Å². The Bertz CT molecular complexity index is 471. The number of hydrogen-bond donors (Lipinski definition) is 1. The number of hydrogen-bond acceptors (Lipinski definition) is 3. The first-order valence-electron chi connectivity index (χ1n) is 4.83. The molecule has 2 rings (SSSR count). The highest BCUT2D eigenvalue weighted by atomic mass is 19.1. The lowest BCUT2D eigenvalue weighted by atomic mass is 10.3. The van der Waals surface area contributed by atoms with E-state index >= 15 is 0 Å². The lowest BCUT2D eigenvalue weighted by Crippen LogP contribution is -2.01. The molecule has 16 heavy (non-hydrogen) atoms. The third kappa shape index (κ3) is 2.48. The summed E-state index contributed by atoms with van der Waals surface area (Å²) in [5.41, 5.74) is 6.47.